The molecule has 2 aromatic rings. The summed E-state index contributed by atoms with van der Waals surface area (Å²) in [7, 11) is -3.83. The molecule has 1 N–H and O–H groups in total. The molecule has 0 amide bonds. The Morgan fingerprint density at radius 2 is 1.76 bits per heavy atom. The lowest BCUT2D eigenvalue weighted by atomic mass is 10.0. The lowest BCUT2D eigenvalue weighted by Crippen LogP contribution is -2.12. The van der Waals surface area contributed by atoms with Crippen molar-refractivity contribution in [2.45, 2.75) is 22.6 Å². The van der Waals surface area contributed by atoms with Crippen molar-refractivity contribution >= 4 is 9.84 Å². The van der Waals surface area contributed by atoms with Crippen LogP contribution in [-0.4, -0.2) is 20.1 Å². The minimum absolute atomic E-state index is 0.00148. The highest BCUT2D eigenvalue weighted by molar-refractivity contribution is 7.91. The quantitative estimate of drug-likeness (QED) is 0.790. The Balaban J connectivity index is 2.21. The molecule has 0 saturated heterocycles. The number of aliphatic hydroxyl groups excluding tert-OH is 1. The predicted molar refractivity (Wildman–Crippen MR) is 73.9 cm³/mol. The largest absolute Gasteiger partial charge is 0.455 e. The summed E-state index contributed by atoms with van der Waals surface area (Å²) in [6.07, 6.45) is 0. The van der Waals surface area contributed by atoms with E-state index in [0.717, 1.165) is 12.1 Å². The highest BCUT2D eigenvalue weighted by Gasteiger charge is 2.32. The highest BCUT2D eigenvalue weighted by atomic mass is 32.2. The summed E-state index contributed by atoms with van der Waals surface area (Å²) in [6, 6.07) is 8.15. The molecule has 3 rings (SSSR count). The molecule has 0 aliphatic carbocycles. The van der Waals surface area contributed by atoms with Crippen LogP contribution in [-0.2, 0) is 9.84 Å². The van der Waals surface area contributed by atoms with Crippen LogP contribution in [0.5, 0.6) is 11.5 Å². The van der Waals surface area contributed by atoms with Crippen LogP contribution < -0.4 is 4.74 Å². The van der Waals surface area contributed by atoms with Gasteiger partial charge in [0.15, 0.2) is 0 Å². The van der Waals surface area contributed by atoms with Crippen molar-refractivity contribution in [1.82, 2.24) is 0 Å². The Hall–Kier alpha value is -1.92. The Bertz CT molecular complexity index is 814. The third-order valence-corrected chi connectivity index (χ3v) is 5.31. The lowest BCUT2D eigenvalue weighted by Gasteiger charge is -2.21. The van der Waals surface area contributed by atoms with E-state index >= 15 is 0 Å². The highest BCUT2D eigenvalue weighted by Crippen LogP contribution is 2.43. The first kappa shape index (κ1) is 14.0. The van der Waals surface area contributed by atoms with Crippen LogP contribution >= 0.6 is 0 Å². The molecule has 6 heteroatoms. The normalized spacial score (nSPS) is 16.5. The maximum atomic E-state index is 13.3. The van der Waals surface area contributed by atoms with Gasteiger partial charge in [0.25, 0.3) is 0 Å². The zero-order valence-electron chi connectivity index (χ0n) is 11.2. The average Bonchev–Trinajstić information content (AvgIpc) is 2.47. The molecule has 1 atom stereocenters. The predicted octanol–water partition coefficient (Wildman–Crippen LogP) is 2.86. The molecule has 0 radical (unpaired) electrons. The fourth-order valence-corrected chi connectivity index (χ4v) is 3.79. The lowest BCUT2D eigenvalue weighted by molar-refractivity contribution is 0.273. The molecule has 0 aromatic heterocycles. The van der Waals surface area contributed by atoms with Crippen LogP contribution in [0.25, 0.3) is 0 Å². The molecule has 1 aliphatic rings. The first-order valence-electron chi connectivity index (χ1n) is 6.41. The van der Waals surface area contributed by atoms with Crippen LogP contribution in [0.15, 0.2) is 46.2 Å². The zero-order chi connectivity index (χ0) is 15.2. The van der Waals surface area contributed by atoms with Crippen LogP contribution in [0.3, 0.4) is 0 Å². The van der Waals surface area contributed by atoms with Gasteiger partial charge in [0.1, 0.15) is 27.1 Å². The Kier molecular flexibility index (Phi) is 3.22. The summed E-state index contributed by atoms with van der Waals surface area (Å²) in [5.41, 5.74) is 0.684. The molecule has 1 heterocycles. The average molecular weight is 308 g/mol. The second kappa shape index (κ2) is 4.82. The van der Waals surface area contributed by atoms with Gasteiger partial charge in [-0.15, -0.1) is 0 Å². The number of ether oxygens (including phenoxy) is 1. The minimum atomic E-state index is -3.83. The van der Waals surface area contributed by atoms with Gasteiger partial charge in [-0.2, -0.15) is 0 Å². The molecular weight excluding hydrogens is 295 g/mol. The van der Waals surface area contributed by atoms with Crippen molar-refractivity contribution in [3.05, 3.63) is 47.8 Å². The number of rotatable bonds is 2. The molecule has 0 bridgehead atoms. The van der Waals surface area contributed by atoms with Gasteiger partial charge in [0, 0.05) is 12.5 Å². The summed E-state index contributed by atoms with van der Waals surface area (Å²) in [6.45, 7) is 1.69. The smallest absolute Gasteiger partial charge is 0.214 e. The van der Waals surface area contributed by atoms with Gasteiger partial charge in [-0.05, 0) is 35.9 Å². The van der Waals surface area contributed by atoms with Gasteiger partial charge in [-0.25, -0.2) is 12.8 Å². The third kappa shape index (κ3) is 2.20. The second-order valence-electron chi connectivity index (χ2n) is 4.99. The fraction of sp³-hybridized carbons (Fsp3) is 0.200. The maximum Gasteiger partial charge on any atom is 0.214 e. The third-order valence-electron chi connectivity index (χ3n) is 3.52. The van der Waals surface area contributed by atoms with Crippen molar-refractivity contribution in [2.24, 2.45) is 0 Å². The van der Waals surface area contributed by atoms with E-state index in [-0.39, 0.29) is 33.8 Å². The molecule has 110 valence electrons. The number of fused-ring (bicyclic) bond motifs is 2. The van der Waals surface area contributed by atoms with E-state index in [9.17, 15) is 17.9 Å². The first-order valence-corrected chi connectivity index (χ1v) is 7.89. The van der Waals surface area contributed by atoms with E-state index in [0.29, 0.717) is 5.56 Å². The van der Waals surface area contributed by atoms with E-state index < -0.39 is 15.7 Å². The van der Waals surface area contributed by atoms with Gasteiger partial charge in [0.2, 0.25) is 9.84 Å². The number of hydrogen-bond donors (Lipinski definition) is 1. The number of sulfone groups is 1. The van der Waals surface area contributed by atoms with E-state index in [1.807, 2.05) is 0 Å². The molecule has 21 heavy (non-hydrogen) atoms. The second-order valence-corrected chi connectivity index (χ2v) is 6.87. The SMILES string of the molecule is CC(CO)c1ccc2c(c1)S(=O)(=O)c1cc(F)ccc1O2. The summed E-state index contributed by atoms with van der Waals surface area (Å²) in [4.78, 5) is -0.179. The molecule has 4 nitrogen and oxygen atoms in total. The number of hydrogen-bond acceptors (Lipinski definition) is 4. The van der Waals surface area contributed by atoms with Crippen molar-refractivity contribution < 1.29 is 22.7 Å². The van der Waals surface area contributed by atoms with E-state index in [2.05, 4.69) is 0 Å². The molecule has 1 aliphatic heterocycles. The Morgan fingerprint density at radius 3 is 2.43 bits per heavy atom. The Labute approximate surface area is 121 Å². The maximum absolute atomic E-state index is 13.3. The molecular formula is C15H13FO4S. The van der Waals surface area contributed by atoms with Crippen molar-refractivity contribution in [1.29, 1.82) is 0 Å². The molecule has 0 saturated carbocycles. The molecule has 0 fully saturated rings. The van der Waals surface area contributed by atoms with Gasteiger partial charge in [-0.1, -0.05) is 13.0 Å². The topological polar surface area (TPSA) is 63.6 Å². The summed E-state index contributed by atoms with van der Waals surface area (Å²) >= 11 is 0. The van der Waals surface area contributed by atoms with Crippen LogP contribution in [0, 0.1) is 5.82 Å². The number of aliphatic hydroxyl groups is 1. The number of benzene rings is 2. The van der Waals surface area contributed by atoms with E-state index in [1.165, 1.54) is 12.1 Å². The Morgan fingerprint density at radius 1 is 1.14 bits per heavy atom. The zero-order valence-corrected chi connectivity index (χ0v) is 12.0. The van der Waals surface area contributed by atoms with Gasteiger partial charge >= 0.3 is 0 Å². The first-order chi connectivity index (χ1) is 9.93. The standard InChI is InChI=1S/C15H13FO4S/c1-9(8-17)10-2-4-12-14(6-10)21(18,19)15-7-11(16)3-5-13(15)20-12/h2-7,9,17H,8H2,1H3. The van der Waals surface area contributed by atoms with Crippen molar-refractivity contribution in [3.63, 3.8) is 0 Å². The summed E-state index contributed by atoms with van der Waals surface area (Å²) in [5.74, 6) is -0.501. The van der Waals surface area contributed by atoms with Crippen LogP contribution in [0.4, 0.5) is 4.39 Å². The summed E-state index contributed by atoms with van der Waals surface area (Å²) in [5, 5.41) is 9.19. The van der Waals surface area contributed by atoms with Gasteiger partial charge < -0.3 is 9.84 Å². The van der Waals surface area contributed by atoms with Gasteiger partial charge in [-0.3, -0.25) is 0 Å². The monoisotopic (exact) mass is 308 g/mol. The van der Waals surface area contributed by atoms with Gasteiger partial charge in [0.05, 0.1) is 0 Å². The van der Waals surface area contributed by atoms with Crippen LogP contribution in [0.1, 0.15) is 18.4 Å². The van der Waals surface area contributed by atoms with Crippen molar-refractivity contribution in [3.8, 4) is 11.5 Å². The van der Waals surface area contributed by atoms with E-state index in [1.54, 1.807) is 19.1 Å². The summed E-state index contributed by atoms with van der Waals surface area (Å²) < 4.78 is 44.1. The number of halogens is 1. The molecule has 0 spiro atoms. The fourth-order valence-electron chi connectivity index (χ4n) is 2.24. The minimum Gasteiger partial charge on any atom is -0.455 e. The van der Waals surface area contributed by atoms with Crippen molar-refractivity contribution in [2.75, 3.05) is 6.61 Å². The molecule has 2 aromatic carbocycles. The van der Waals surface area contributed by atoms with E-state index in [4.69, 9.17) is 4.74 Å². The van der Waals surface area contributed by atoms with Crippen LogP contribution in [0.2, 0.25) is 0 Å². The molecule has 1 unspecified atom stereocenters.